The second kappa shape index (κ2) is 11.4. The third kappa shape index (κ3) is 7.19. The molecular formula is C27H40O2. The number of hydrogen-bond donors (Lipinski definition) is 0. The number of hydrogen-bond acceptors (Lipinski definition) is 2. The van der Waals surface area contributed by atoms with E-state index in [1.807, 2.05) is 19.1 Å². The lowest BCUT2D eigenvalue weighted by molar-refractivity contribution is -0.0672. The maximum Gasteiger partial charge on any atom is 0.196 e. The summed E-state index contributed by atoms with van der Waals surface area (Å²) in [7, 11) is 0. The summed E-state index contributed by atoms with van der Waals surface area (Å²) in [6.45, 7) is 16.2. The lowest BCUT2D eigenvalue weighted by Crippen LogP contribution is -2.17. The summed E-state index contributed by atoms with van der Waals surface area (Å²) in [5, 5.41) is 0. The number of aryl methyl sites for hydroxylation is 1. The largest absolute Gasteiger partial charge is 0.465 e. The Morgan fingerprint density at radius 1 is 0.793 bits per heavy atom. The van der Waals surface area contributed by atoms with Crippen LogP contribution in [0.2, 0.25) is 0 Å². The Kier molecular flexibility index (Phi) is 9.23. The Hall–Kier alpha value is -1.80. The highest BCUT2D eigenvalue weighted by molar-refractivity contribution is 5.35. The molecule has 2 nitrogen and oxygen atoms in total. The molecule has 0 saturated carbocycles. The van der Waals surface area contributed by atoms with Crippen LogP contribution in [0.1, 0.15) is 101 Å². The van der Waals surface area contributed by atoms with Crippen LogP contribution in [-0.4, -0.2) is 12.9 Å². The lowest BCUT2D eigenvalue weighted by atomic mass is 9.90. The van der Waals surface area contributed by atoms with E-state index in [9.17, 15) is 0 Å². The van der Waals surface area contributed by atoms with Gasteiger partial charge in [-0.2, -0.15) is 0 Å². The maximum atomic E-state index is 5.92. The van der Waals surface area contributed by atoms with Gasteiger partial charge in [0, 0.05) is 0 Å². The summed E-state index contributed by atoms with van der Waals surface area (Å²) in [4.78, 5) is 0. The zero-order valence-corrected chi connectivity index (χ0v) is 19.5. The fraction of sp³-hybridized carbons (Fsp3) is 0.556. The fourth-order valence-corrected chi connectivity index (χ4v) is 3.59. The van der Waals surface area contributed by atoms with Gasteiger partial charge >= 0.3 is 0 Å². The molecule has 29 heavy (non-hydrogen) atoms. The number of rotatable bonds is 11. The van der Waals surface area contributed by atoms with Gasteiger partial charge in [0.1, 0.15) is 5.75 Å². The Bertz CT molecular complexity index is 731. The summed E-state index contributed by atoms with van der Waals surface area (Å²) in [6.07, 6.45) is 2.96. The molecule has 0 saturated heterocycles. The molecule has 0 radical (unpaired) electrons. The van der Waals surface area contributed by atoms with Crippen LogP contribution in [0, 0.1) is 0 Å². The van der Waals surface area contributed by atoms with Crippen LogP contribution in [0.3, 0.4) is 0 Å². The molecule has 0 aromatic heterocycles. The van der Waals surface area contributed by atoms with Crippen LogP contribution in [0.5, 0.6) is 5.75 Å². The highest BCUT2D eigenvalue weighted by Crippen LogP contribution is 2.26. The second-order valence-electron chi connectivity index (χ2n) is 8.81. The van der Waals surface area contributed by atoms with Crippen molar-refractivity contribution in [3.63, 3.8) is 0 Å². The minimum Gasteiger partial charge on any atom is -0.465 e. The van der Waals surface area contributed by atoms with Crippen LogP contribution >= 0.6 is 0 Å². The molecule has 0 aliphatic heterocycles. The van der Waals surface area contributed by atoms with Crippen molar-refractivity contribution < 1.29 is 9.47 Å². The van der Waals surface area contributed by atoms with Gasteiger partial charge in [-0.15, -0.1) is 0 Å². The normalized spacial score (nSPS) is 13.7. The molecule has 0 fully saturated rings. The first-order chi connectivity index (χ1) is 13.8. The predicted molar refractivity (Wildman–Crippen MR) is 124 cm³/mol. The SMILES string of the molecule is CCC(C)c1ccc(OC(C)OCCCc2ccc(C(C)C)cc2C(C)C)cc1. The van der Waals surface area contributed by atoms with Gasteiger partial charge in [0.2, 0.25) is 0 Å². The maximum absolute atomic E-state index is 5.92. The van der Waals surface area contributed by atoms with Gasteiger partial charge in [-0.25, -0.2) is 0 Å². The van der Waals surface area contributed by atoms with E-state index in [0.29, 0.717) is 24.4 Å². The number of ether oxygens (including phenoxy) is 2. The summed E-state index contributed by atoms with van der Waals surface area (Å²) < 4.78 is 11.8. The van der Waals surface area contributed by atoms with E-state index in [2.05, 4.69) is 71.9 Å². The van der Waals surface area contributed by atoms with Crippen molar-refractivity contribution in [2.45, 2.75) is 91.8 Å². The van der Waals surface area contributed by atoms with Crippen molar-refractivity contribution in [3.05, 3.63) is 64.7 Å². The van der Waals surface area contributed by atoms with E-state index in [1.54, 1.807) is 0 Å². The molecular weight excluding hydrogens is 356 g/mol. The summed E-state index contributed by atoms with van der Waals surface area (Å²) >= 11 is 0. The standard InChI is InChI=1S/C27H40O2/c1-8-21(6)23-13-15-26(16-14-23)29-22(7)28-17-9-10-24-11-12-25(19(2)3)18-27(24)20(4)5/h11-16,18-22H,8-10,17H2,1-7H3. The molecule has 160 valence electrons. The average Bonchev–Trinajstić information content (AvgIpc) is 2.71. The second-order valence-corrected chi connectivity index (χ2v) is 8.81. The molecule has 0 aliphatic carbocycles. The number of benzene rings is 2. The Morgan fingerprint density at radius 3 is 2.03 bits per heavy atom. The Labute approximate surface area is 178 Å². The zero-order chi connectivity index (χ0) is 21.4. The predicted octanol–water partition coefficient (Wildman–Crippen LogP) is 7.82. The smallest absolute Gasteiger partial charge is 0.196 e. The summed E-state index contributed by atoms with van der Waals surface area (Å²) in [5.41, 5.74) is 5.71. The third-order valence-corrected chi connectivity index (χ3v) is 5.77. The monoisotopic (exact) mass is 396 g/mol. The van der Waals surface area contributed by atoms with Gasteiger partial charge in [-0.1, -0.05) is 71.9 Å². The molecule has 0 aliphatic rings. The first kappa shape index (κ1) is 23.5. The molecule has 0 bridgehead atoms. The van der Waals surface area contributed by atoms with E-state index >= 15 is 0 Å². The molecule has 0 N–H and O–H groups in total. The fourth-order valence-electron chi connectivity index (χ4n) is 3.59. The zero-order valence-electron chi connectivity index (χ0n) is 19.5. The summed E-state index contributed by atoms with van der Waals surface area (Å²) in [6, 6.07) is 15.4. The van der Waals surface area contributed by atoms with Crippen molar-refractivity contribution in [1.29, 1.82) is 0 Å². The van der Waals surface area contributed by atoms with Crippen molar-refractivity contribution >= 4 is 0 Å². The van der Waals surface area contributed by atoms with E-state index in [0.717, 1.165) is 25.0 Å². The van der Waals surface area contributed by atoms with E-state index in [-0.39, 0.29) is 6.29 Å². The van der Waals surface area contributed by atoms with E-state index in [1.165, 1.54) is 22.3 Å². The Morgan fingerprint density at radius 2 is 1.45 bits per heavy atom. The lowest BCUT2D eigenvalue weighted by Gasteiger charge is -2.18. The van der Waals surface area contributed by atoms with E-state index in [4.69, 9.17) is 9.47 Å². The van der Waals surface area contributed by atoms with Crippen LogP contribution in [-0.2, 0) is 11.2 Å². The van der Waals surface area contributed by atoms with Crippen molar-refractivity contribution in [3.8, 4) is 5.75 Å². The minimum atomic E-state index is -0.239. The van der Waals surface area contributed by atoms with Gasteiger partial charge in [-0.3, -0.25) is 0 Å². The van der Waals surface area contributed by atoms with Crippen molar-refractivity contribution in [2.75, 3.05) is 6.61 Å². The summed E-state index contributed by atoms with van der Waals surface area (Å²) in [5.74, 6) is 2.58. The molecule has 0 heterocycles. The highest BCUT2D eigenvalue weighted by atomic mass is 16.7. The van der Waals surface area contributed by atoms with Gasteiger partial charge in [0.15, 0.2) is 6.29 Å². The third-order valence-electron chi connectivity index (χ3n) is 5.77. The van der Waals surface area contributed by atoms with Crippen LogP contribution in [0.25, 0.3) is 0 Å². The highest BCUT2D eigenvalue weighted by Gasteiger charge is 2.11. The van der Waals surface area contributed by atoms with Gasteiger partial charge < -0.3 is 9.47 Å². The molecule has 0 amide bonds. The van der Waals surface area contributed by atoms with Gasteiger partial charge in [0.25, 0.3) is 0 Å². The van der Waals surface area contributed by atoms with Crippen molar-refractivity contribution in [1.82, 2.24) is 0 Å². The topological polar surface area (TPSA) is 18.5 Å². The quantitative estimate of drug-likeness (QED) is 0.285. The molecule has 2 atom stereocenters. The van der Waals surface area contributed by atoms with Gasteiger partial charge in [0.05, 0.1) is 6.61 Å². The molecule has 2 rings (SSSR count). The first-order valence-electron chi connectivity index (χ1n) is 11.3. The molecule has 2 aromatic rings. The molecule has 2 heteroatoms. The first-order valence-corrected chi connectivity index (χ1v) is 11.3. The Balaban J connectivity index is 1.81. The van der Waals surface area contributed by atoms with Crippen LogP contribution in [0.15, 0.2) is 42.5 Å². The van der Waals surface area contributed by atoms with Crippen LogP contribution in [0.4, 0.5) is 0 Å². The molecule has 2 unspecified atom stereocenters. The average molecular weight is 397 g/mol. The van der Waals surface area contributed by atoms with Crippen molar-refractivity contribution in [2.24, 2.45) is 0 Å². The van der Waals surface area contributed by atoms with Gasteiger partial charge in [-0.05, 0) is 78.3 Å². The minimum absolute atomic E-state index is 0.239. The van der Waals surface area contributed by atoms with Crippen LogP contribution < -0.4 is 4.74 Å². The van der Waals surface area contributed by atoms with E-state index < -0.39 is 0 Å². The molecule has 2 aromatic carbocycles. The molecule has 0 spiro atoms.